The van der Waals surface area contributed by atoms with E-state index in [2.05, 4.69) is 6.92 Å². The van der Waals surface area contributed by atoms with Crippen LogP contribution < -0.4 is 0 Å². The molecule has 0 N–H and O–H groups in total. The average Bonchev–Trinajstić information content (AvgIpc) is 3.16. The highest BCUT2D eigenvalue weighted by Gasteiger charge is 2.54. The number of carbonyl (C=O) groups excluding carboxylic acids is 5. The van der Waals surface area contributed by atoms with Crippen molar-refractivity contribution < 1.29 is 42.9 Å². The number of rotatable bonds is 12. The summed E-state index contributed by atoms with van der Waals surface area (Å²) >= 11 is 0. The Morgan fingerprint density at radius 2 is 1.64 bits per heavy atom. The van der Waals surface area contributed by atoms with Gasteiger partial charge in [-0.1, -0.05) is 66.7 Å². The van der Waals surface area contributed by atoms with Crippen LogP contribution in [0, 0.1) is 28.1 Å². The zero-order valence-corrected chi connectivity index (χ0v) is 30.3. The molecular weight excluding hydrogens is 600 g/mol. The molecule has 7 unspecified atom stereocenters. The fourth-order valence-corrected chi connectivity index (χ4v) is 9.02. The third-order valence-corrected chi connectivity index (χ3v) is 11.9. The number of carbonyl (C=O) groups is 5. The number of ketones is 1. The highest BCUT2D eigenvalue weighted by atomic mass is 16.6. The normalized spacial score (nSPS) is 32.3. The van der Waals surface area contributed by atoms with Crippen molar-refractivity contribution in [1.82, 2.24) is 0 Å². The summed E-state index contributed by atoms with van der Waals surface area (Å²) < 4.78 is 23.2. The van der Waals surface area contributed by atoms with Gasteiger partial charge in [0.05, 0.1) is 25.4 Å². The summed E-state index contributed by atoms with van der Waals surface area (Å²) in [6.45, 7) is 11.6. The second-order valence-electron chi connectivity index (χ2n) is 15.0. The Morgan fingerprint density at radius 3 is 2.26 bits per heavy atom. The summed E-state index contributed by atoms with van der Waals surface area (Å²) in [7, 11) is 1.35. The quantitative estimate of drug-likeness (QED) is 0.152. The summed E-state index contributed by atoms with van der Waals surface area (Å²) in [6.07, 6.45) is 9.91. The van der Waals surface area contributed by atoms with Crippen LogP contribution in [0.5, 0.6) is 0 Å². The van der Waals surface area contributed by atoms with Gasteiger partial charge in [-0.2, -0.15) is 0 Å². The molecule has 0 aromatic carbocycles. The topological polar surface area (TPSA) is 122 Å². The minimum Gasteiger partial charge on any atom is -0.469 e. The first-order valence-electron chi connectivity index (χ1n) is 18.5. The lowest BCUT2D eigenvalue weighted by atomic mass is 9.56. The molecule has 4 rings (SSSR count). The molecule has 0 aromatic rings. The molecule has 0 aromatic heterocycles. The van der Waals surface area contributed by atoms with Crippen molar-refractivity contribution in [3.63, 3.8) is 0 Å². The Hall–Kier alpha value is -2.45. The van der Waals surface area contributed by atoms with E-state index in [-0.39, 0.29) is 36.9 Å². The lowest BCUT2D eigenvalue weighted by molar-refractivity contribution is -0.185. The summed E-state index contributed by atoms with van der Waals surface area (Å²) in [4.78, 5) is 65.7. The second-order valence-corrected chi connectivity index (χ2v) is 15.0. The van der Waals surface area contributed by atoms with Gasteiger partial charge >= 0.3 is 23.9 Å². The van der Waals surface area contributed by atoms with Crippen LogP contribution in [0.25, 0.3) is 0 Å². The van der Waals surface area contributed by atoms with Gasteiger partial charge in [-0.3, -0.25) is 24.0 Å². The maximum Gasteiger partial charge on any atom is 0.313 e. The van der Waals surface area contributed by atoms with E-state index in [4.69, 9.17) is 18.9 Å². The standard InChI is InChI=1S/C36H56O9.C2H6/c1-6-35(22-31(39)42-5,18-26-11-9-8-10-12-26)33(41)45-29-17-24(3)13-14-28(29)44-32(40)21-34-16-15-30(38)43-27(19-34)20-36(7-2,23-34)25(4)37;1-2/h24,26-29H,6-23H2,1-5H3;1-2H3. The predicted octanol–water partition coefficient (Wildman–Crippen LogP) is 7.84. The van der Waals surface area contributed by atoms with Gasteiger partial charge in [0.2, 0.25) is 0 Å². The lowest BCUT2D eigenvalue weighted by Crippen LogP contribution is -2.47. The molecule has 1 saturated heterocycles. The minimum atomic E-state index is -0.983. The van der Waals surface area contributed by atoms with Crippen LogP contribution in [0.2, 0.25) is 0 Å². The van der Waals surface area contributed by atoms with Crippen LogP contribution in [0.4, 0.5) is 0 Å². The number of Topliss-reactive ketones (excluding diaryl/α,β-unsaturated/α-hetero) is 1. The Morgan fingerprint density at radius 1 is 0.936 bits per heavy atom. The molecule has 4 aliphatic rings. The number of hydrogen-bond donors (Lipinski definition) is 0. The van der Waals surface area contributed by atoms with Gasteiger partial charge < -0.3 is 18.9 Å². The maximum absolute atomic E-state index is 14.1. The molecule has 1 aliphatic heterocycles. The third kappa shape index (κ3) is 9.81. The van der Waals surface area contributed by atoms with Crippen molar-refractivity contribution in [3.8, 4) is 0 Å². The first kappa shape index (κ1) is 39.0. The number of methoxy groups -OCH3 is 1. The van der Waals surface area contributed by atoms with Gasteiger partial charge in [-0.25, -0.2) is 0 Å². The van der Waals surface area contributed by atoms with Gasteiger partial charge in [0.25, 0.3) is 0 Å². The number of fused-ring (bicyclic) bond motifs is 2. The van der Waals surface area contributed by atoms with Crippen LogP contribution in [-0.4, -0.2) is 55.1 Å². The second kappa shape index (κ2) is 17.3. The van der Waals surface area contributed by atoms with Crippen molar-refractivity contribution in [3.05, 3.63) is 0 Å². The van der Waals surface area contributed by atoms with Crippen molar-refractivity contribution in [2.45, 2.75) is 175 Å². The van der Waals surface area contributed by atoms with E-state index in [1.807, 2.05) is 27.7 Å². The zero-order valence-electron chi connectivity index (χ0n) is 30.3. The van der Waals surface area contributed by atoms with Gasteiger partial charge in [-0.05, 0) is 88.4 Å². The van der Waals surface area contributed by atoms with E-state index in [1.165, 1.54) is 13.5 Å². The van der Waals surface area contributed by atoms with Crippen LogP contribution in [-0.2, 0) is 42.9 Å². The molecule has 0 radical (unpaired) electrons. The Balaban J connectivity index is 0.00000294. The summed E-state index contributed by atoms with van der Waals surface area (Å²) in [5, 5.41) is 0. The molecule has 47 heavy (non-hydrogen) atoms. The van der Waals surface area contributed by atoms with E-state index in [1.54, 1.807) is 6.92 Å². The largest absolute Gasteiger partial charge is 0.469 e. The summed E-state index contributed by atoms with van der Waals surface area (Å²) in [5.41, 5.74) is -2.18. The zero-order chi connectivity index (χ0) is 34.8. The average molecular weight is 663 g/mol. The molecule has 0 spiro atoms. The Bertz CT molecular complexity index is 1100. The van der Waals surface area contributed by atoms with E-state index in [0.29, 0.717) is 63.7 Å². The number of ether oxygens (including phenoxy) is 4. The molecule has 3 saturated carbocycles. The number of esters is 4. The fraction of sp³-hybridized carbons (Fsp3) is 0.868. The van der Waals surface area contributed by atoms with Crippen LogP contribution in [0.1, 0.15) is 157 Å². The fourth-order valence-electron chi connectivity index (χ4n) is 9.02. The van der Waals surface area contributed by atoms with Crippen molar-refractivity contribution >= 4 is 29.7 Å². The van der Waals surface area contributed by atoms with Crippen molar-refractivity contribution in [2.24, 2.45) is 28.1 Å². The summed E-state index contributed by atoms with van der Waals surface area (Å²) in [5.74, 6) is -0.780. The first-order chi connectivity index (χ1) is 22.4. The van der Waals surface area contributed by atoms with Gasteiger partial charge in [0.1, 0.15) is 24.1 Å². The SMILES string of the molecule is CC.CCC1(C(C)=O)CC2CC(CC(=O)OC3CCC(C)CC3OC(=O)C(CC)(CC(=O)OC)CC3CCCCC3)(CCC(=O)O2)C1. The van der Waals surface area contributed by atoms with E-state index < -0.39 is 52.5 Å². The van der Waals surface area contributed by atoms with E-state index in [9.17, 15) is 24.0 Å². The Labute approximate surface area is 282 Å². The Kier molecular flexibility index (Phi) is 14.3. The minimum absolute atomic E-state index is 0.0259. The van der Waals surface area contributed by atoms with Crippen molar-refractivity contribution in [1.29, 1.82) is 0 Å². The molecule has 3 aliphatic carbocycles. The first-order valence-corrected chi connectivity index (χ1v) is 18.5. The predicted molar refractivity (Wildman–Crippen MR) is 178 cm³/mol. The monoisotopic (exact) mass is 662 g/mol. The van der Waals surface area contributed by atoms with E-state index >= 15 is 0 Å². The molecule has 9 nitrogen and oxygen atoms in total. The lowest BCUT2D eigenvalue weighted by Gasteiger charge is -2.48. The third-order valence-electron chi connectivity index (χ3n) is 11.9. The van der Waals surface area contributed by atoms with Gasteiger partial charge in [0, 0.05) is 11.8 Å². The highest BCUT2D eigenvalue weighted by molar-refractivity contribution is 5.84. The van der Waals surface area contributed by atoms with Crippen LogP contribution in [0.15, 0.2) is 0 Å². The van der Waals surface area contributed by atoms with E-state index in [0.717, 1.165) is 32.1 Å². The molecular formula is C38H62O9. The molecule has 7 atom stereocenters. The smallest absolute Gasteiger partial charge is 0.313 e. The molecule has 0 amide bonds. The highest BCUT2D eigenvalue weighted by Crippen LogP contribution is 2.55. The molecule has 4 fully saturated rings. The van der Waals surface area contributed by atoms with Gasteiger partial charge in [0.15, 0.2) is 0 Å². The van der Waals surface area contributed by atoms with Crippen molar-refractivity contribution in [2.75, 3.05) is 7.11 Å². The molecule has 9 heteroatoms. The number of hydrogen-bond acceptors (Lipinski definition) is 9. The summed E-state index contributed by atoms with van der Waals surface area (Å²) in [6, 6.07) is 0. The maximum atomic E-state index is 14.1. The van der Waals surface area contributed by atoms with Crippen LogP contribution in [0.3, 0.4) is 0 Å². The van der Waals surface area contributed by atoms with Crippen LogP contribution >= 0.6 is 0 Å². The van der Waals surface area contributed by atoms with Gasteiger partial charge in [-0.15, -0.1) is 0 Å². The molecule has 1 heterocycles. The molecule has 268 valence electrons. The molecule has 2 bridgehead atoms.